The van der Waals surface area contributed by atoms with Crippen LogP contribution in [-0.4, -0.2) is 10.4 Å². The molecule has 0 unspecified atom stereocenters. The van der Waals surface area contributed by atoms with Crippen LogP contribution in [0, 0.1) is 5.92 Å². The molecule has 1 aliphatic carbocycles. The van der Waals surface area contributed by atoms with E-state index in [1.54, 1.807) is 25.2 Å². The van der Waals surface area contributed by atoms with Gasteiger partial charge in [0, 0.05) is 18.5 Å². The second-order valence-corrected chi connectivity index (χ2v) is 4.25. The predicted octanol–water partition coefficient (Wildman–Crippen LogP) is 1.72. The van der Waals surface area contributed by atoms with Gasteiger partial charge in [0.2, 0.25) is 0 Å². The Bertz CT molecular complexity index is 631. The molecule has 0 N–H and O–H groups in total. The minimum Gasteiger partial charge on any atom is -0.408 e. The zero-order chi connectivity index (χ0) is 11.3. The summed E-state index contributed by atoms with van der Waals surface area (Å²) in [5.41, 5.74) is 1.85. The van der Waals surface area contributed by atoms with Crippen LogP contribution >= 0.6 is 0 Å². The molecule has 1 fully saturated rings. The van der Waals surface area contributed by atoms with Crippen LogP contribution in [-0.2, 0) is 7.05 Å². The number of fused-ring (bicyclic) bond motifs is 1. The smallest absolute Gasteiger partial charge is 0.408 e. The summed E-state index contributed by atoms with van der Waals surface area (Å²) >= 11 is 0. The van der Waals surface area contributed by atoms with Gasteiger partial charge in [0.1, 0.15) is 0 Å². The van der Waals surface area contributed by atoms with Crippen molar-refractivity contribution in [3.05, 3.63) is 34.3 Å². The van der Waals surface area contributed by atoms with E-state index in [1.165, 1.54) is 4.57 Å². The van der Waals surface area contributed by atoms with Crippen molar-refractivity contribution in [2.75, 3.05) is 0 Å². The maximum absolute atomic E-state index is 11.8. The molecule has 0 atom stereocenters. The van der Waals surface area contributed by atoms with Crippen LogP contribution in [0.3, 0.4) is 0 Å². The first-order valence-corrected chi connectivity index (χ1v) is 5.30. The Kier molecular flexibility index (Phi) is 1.80. The fourth-order valence-corrected chi connectivity index (χ4v) is 1.87. The number of rotatable bonds is 2. The molecule has 0 spiro atoms. The van der Waals surface area contributed by atoms with Gasteiger partial charge >= 0.3 is 5.76 Å². The first-order chi connectivity index (χ1) is 7.66. The quantitative estimate of drug-likeness (QED) is 0.720. The number of Topliss-reactive ketones (excluding diaryl/α,β-unsaturated/α-hetero) is 1. The van der Waals surface area contributed by atoms with Crippen molar-refractivity contribution < 1.29 is 9.21 Å². The SMILES string of the molecule is Cn1c(=O)oc2cc(C(=O)C3CC3)ccc21. The van der Waals surface area contributed by atoms with Crippen LogP contribution in [0.5, 0.6) is 0 Å². The maximum Gasteiger partial charge on any atom is 0.419 e. The van der Waals surface area contributed by atoms with Gasteiger partial charge in [-0.15, -0.1) is 0 Å². The molecule has 1 saturated carbocycles. The van der Waals surface area contributed by atoms with Gasteiger partial charge in [-0.25, -0.2) is 4.79 Å². The summed E-state index contributed by atoms with van der Waals surface area (Å²) in [6.07, 6.45) is 1.96. The molecule has 1 heterocycles. The zero-order valence-electron chi connectivity index (χ0n) is 8.90. The van der Waals surface area contributed by atoms with Crippen molar-refractivity contribution in [2.45, 2.75) is 12.8 Å². The second kappa shape index (κ2) is 3.07. The molecule has 1 aromatic heterocycles. The van der Waals surface area contributed by atoms with E-state index in [2.05, 4.69) is 0 Å². The van der Waals surface area contributed by atoms with Crippen molar-refractivity contribution in [1.29, 1.82) is 0 Å². The first kappa shape index (κ1) is 9.39. The van der Waals surface area contributed by atoms with Crippen LogP contribution in [0.2, 0.25) is 0 Å². The molecule has 82 valence electrons. The summed E-state index contributed by atoms with van der Waals surface area (Å²) in [4.78, 5) is 23.1. The predicted molar refractivity (Wildman–Crippen MR) is 58.5 cm³/mol. The van der Waals surface area contributed by atoms with Gasteiger partial charge in [0.25, 0.3) is 0 Å². The van der Waals surface area contributed by atoms with Crippen molar-refractivity contribution in [1.82, 2.24) is 4.57 Å². The van der Waals surface area contributed by atoms with Crippen molar-refractivity contribution in [3.8, 4) is 0 Å². The molecular formula is C12H11NO3. The number of benzene rings is 1. The standard InChI is InChI=1S/C12H11NO3/c1-13-9-5-4-8(11(14)7-2-3-7)6-10(9)16-12(13)15/h4-7H,2-3H2,1H3. The number of carbonyl (C=O) groups excluding carboxylic acids is 1. The van der Waals surface area contributed by atoms with E-state index >= 15 is 0 Å². The molecule has 0 saturated heterocycles. The average molecular weight is 217 g/mol. The van der Waals surface area contributed by atoms with Gasteiger partial charge in [0.15, 0.2) is 11.4 Å². The highest BCUT2D eigenvalue weighted by Crippen LogP contribution is 2.33. The largest absolute Gasteiger partial charge is 0.419 e. The maximum atomic E-state index is 11.8. The van der Waals surface area contributed by atoms with Crippen LogP contribution < -0.4 is 5.76 Å². The Labute approximate surface area is 91.5 Å². The van der Waals surface area contributed by atoms with E-state index < -0.39 is 5.76 Å². The highest BCUT2D eigenvalue weighted by molar-refractivity contribution is 6.01. The summed E-state index contributed by atoms with van der Waals surface area (Å²) in [7, 11) is 1.65. The third kappa shape index (κ3) is 1.30. The fourth-order valence-electron chi connectivity index (χ4n) is 1.87. The second-order valence-electron chi connectivity index (χ2n) is 4.25. The molecule has 1 aromatic carbocycles. The van der Waals surface area contributed by atoms with Gasteiger partial charge in [-0.3, -0.25) is 9.36 Å². The topological polar surface area (TPSA) is 52.2 Å². The molecule has 0 bridgehead atoms. The van der Waals surface area contributed by atoms with Crippen LogP contribution in [0.25, 0.3) is 11.1 Å². The van der Waals surface area contributed by atoms with Crippen LogP contribution in [0.15, 0.2) is 27.4 Å². The summed E-state index contributed by atoms with van der Waals surface area (Å²) < 4.78 is 6.48. The third-order valence-corrected chi connectivity index (χ3v) is 3.02. The Balaban J connectivity index is 2.15. The number of hydrogen-bond donors (Lipinski definition) is 0. The molecule has 3 rings (SSSR count). The van der Waals surface area contributed by atoms with Crippen molar-refractivity contribution in [3.63, 3.8) is 0 Å². The number of nitrogens with zero attached hydrogens (tertiary/aromatic N) is 1. The molecule has 0 amide bonds. The van der Waals surface area contributed by atoms with E-state index in [9.17, 15) is 9.59 Å². The van der Waals surface area contributed by atoms with E-state index in [1.807, 2.05) is 0 Å². The summed E-state index contributed by atoms with van der Waals surface area (Å²) in [6.45, 7) is 0. The molecule has 0 radical (unpaired) electrons. The molecule has 4 heteroatoms. The normalized spacial score (nSPS) is 15.6. The fraction of sp³-hybridized carbons (Fsp3) is 0.333. The van der Waals surface area contributed by atoms with Crippen LogP contribution in [0.1, 0.15) is 23.2 Å². The van der Waals surface area contributed by atoms with Crippen molar-refractivity contribution >= 4 is 16.9 Å². The number of aromatic nitrogens is 1. The molecule has 4 nitrogen and oxygen atoms in total. The lowest BCUT2D eigenvalue weighted by molar-refractivity contribution is 0.0967. The molecule has 1 aliphatic rings. The number of carbonyl (C=O) groups is 1. The monoisotopic (exact) mass is 217 g/mol. The minimum atomic E-state index is -0.397. The highest BCUT2D eigenvalue weighted by atomic mass is 16.4. The van der Waals surface area contributed by atoms with Gasteiger partial charge in [0.05, 0.1) is 5.52 Å². The van der Waals surface area contributed by atoms with Gasteiger partial charge in [-0.1, -0.05) is 0 Å². The zero-order valence-corrected chi connectivity index (χ0v) is 8.90. The summed E-state index contributed by atoms with van der Waals surface area (Å²) in [5.74, 6) is -0.0488. The highest BCUT2D eigenvalue weighted by Gasteiger charge is 2.30. The Hall–Kier alpha value is -1.84. The van der Waals surface area contributed by atoms with Crippen molar-refractivity contribution in [2.24, 2.45) is 13.0 Å². The number of aryl methyl sites for hydroxylation is 1. The molecular weight excluding hydrogens is 206 g/mol. The van der Waals surface area contributed by atoms with Gasteiger partial charge in [-0.05, 0) is 31.0 Å². The summed E-state index contributed by atoms with van der Waals surface area (Å²) in [5, 5.41) is 0. The van der Waals surface area contributed by atoms with E-state index in [-0.39, 0.29) is 11.7 Å². The van der Waals surface area contributed by atoms with Gasteiger partial charge < -0.3 is 4.42 Å². The lowest BCUT2D eigenvalue weighted by Gasteiger charge is -1.98. The molecule has 2 aromatic rings. The molecule has 0 aliphatic heterocycles. The molecule has 16 heavy (non-hydrogen) atoms. The third-order valence-electron chi connectivity index (χ3n) is 3.02. The van der Waals surface area contributed by atoms with Gasteiger partial charge in [-0.2, -0.15) is 0 Å². The number of ketones is 1. The average Bonchev–Trinajstić information content (AvgIpc) is 3.07. The lowest BCUT2D eigenvalue weighted by atomic mass is 10.1. The lowest BCUT2D eigenvalue weighted by Crippen LogP contribution is -2.08. The number of hydrogen-bond acceptors (Lipinski definition) is 3. The van der Waals surface area contributed by atoms with E-state index in [0.29, 0.717) is 11.1 Å². The first-order valence-electron chi connectivity index (χ1n) is 5.30. The minimum absolute atomic E-state index is 0.161. The number of oxazole rings is 1. The Morgan fingerprint density at radius 1 is 1.44 bits per heavy atom. The Morgan fingerprint density at radius 2 is 2.19 bits per heavy atom. The van der Waals surface area contributed by atoms with E-state index in [4.69, 9.17) is 4.42 Å². The van der Waals surface area contributed by atoms with Crippen LogP contribution in [0.4, 0.5) is 0 Å². The summed E-state index contributed by atoms with van der Waals surface area (Å²) in [6, 6.07) is 5.19. The van der Waals surface area contributed by atoms with E-state index in [0.717, 1.165) is 18.4 Å². The Morgan fingerprint density at radius 3 is 2.88 bits per heavy atom.